The fraction of sp³-hybridized carbons (Fsp3) is 0.600. The molecule has 1 aromatic heterocycles. The van der Waals surface area contributed by atoms with Crippen molar-refractivity contribution in [2.24, 2.45) is 5.92 Å². The third-order valence-electron chi connectivity index (χ3n) is 2.33. The Kier molecular flexibility index (Phi) is 5.47. The summed E-state index contributed by atoms with van der Waals surface area (Å²) < 4.78 is 2.28. The topological polar surface area (TPSA) is 0 Å². The number of hydrogen-bond donors (Lipinski definition) is 0. The summed E-state index contributed by atoms with van der Waals surface area (Å²) in [6.07, 6.45) is 2.23. The molecule has 0 amide bonds. The Labute approximate surface area is 111 Å². The van der Waals surface area contributed by atoms with Gasteiger partial charge in [-0.15, -0.1) is 22.9 Å². The van der Waals surface area contributed by atoms with Crippen molar-refractivity contribution in [1.82, 2.24) is 0 Å². The zero-order valence-electron chi connectivity index (χ0n) is 8.19. The largest absolute Gasteiger partial charge is 0.121 e. The molecule has 2 unspecified atom stereocenters. The number of halogens is 3. The van der Waals surface area contributed by atoms with E-state index in [0.29, 0.717) is 5.92 Å². The van der Waals surface area contributed by atoms with Gasteiger partial charge in [0.1, 0.15) is 0 Å². The van der Waals surface area contributed by atoms with E-state index in [2.05, 4.69) is 51.8 Å². The molecule has 0 N–H and O–H groups in total. The molecule has 2 atom stereocenters. The molecule has 0 saturated heterocycles. The summed E-state index contributed by atoms with van der Waals surface area (Å²) in [5, 5.41) is 0.127. The summed E-state index contributed by atoms with van der Waals surface area (Å²) in [6.45, 7) is 4.44. The van der Waals surface area contributed by atoms with E-state index in [0.717, 1.165) is 14.0 Å². The number of thiophene rings is 1. The molecule has 1 aromatic rings. The van der Waals surface area contributed by atoms with Crippen LogP contribution in [0.5, 0.6) is 0 Å². The smallest absolute Gasteiger partial charge is 0.0757 e. The molecule has 0 spiro atoms. The minimum atomic E-state index is 0.127. The van der Waals surface area contributed by atoms with Crippen LogP contribution in [0, 0.1) is 5.92 Å². The Bertz CT molecular complexity index is 298. The van der Waals surface area contributed by atoms with E-state index in [1.807, 2.05) is 0 Å². The van der Waals surface area contributed by atoms with Crippen molar-refractivity contribution in [2.75, 3.05) is 0 Å². The van der Waals surface area contributed by atoms with Gasteiger partial charge in [0.15, 0.2) is 0 Å². The van der Waals surface area contributed by atoms with Gasteiger partial charge in [-0.3, -0.25) is 0 Å². The van der Waals surface area contributed by atoms with E-state index >= 15 is 0 Å². The van der Waals surface area contributed by atoms with Gasteiger partial charge >= 0.3 is 0 Å². The molecule has 4 heteroatoms. The second kappa shape index (κ2) is 5.88. The fourth-order valence-corrected chi connectivity index (χ4v) is 4.86. The van der Waals surface area contributed by atoms with Crippen LogP contribution in [0.1, 0.15) is 37.6 Å². The van der Waals surface area contributed by atoms with Gasteiger partial charge in [-0.1, -0.05) is 20.3 Å². The second-order valence-electron chi connectivity index (χ2n) is 3.50. The molecule has 0 nitrogen and oxygen atoms in total. The van der Waals surface area contributed by atoms with E-state index in [9.17, 15) is 0 Å². The highest BCUT2D eigenvalue weighted by Crippen LogP contribution is 2.40. The fourth-order valence-electron chi connectivity index (χ4n) is 1.21. The molecule has 0 aliphatic heterocycles. The average molecular weight is 361 g/mol. The Morgan fingerprint density at radius 2 is 2.14 bits per heavy atom. The van der Waals surface area contributed by atoms with Crippen molar-refractivity contribution in [1.29, 1.82) is 0 Å². The third kappa shape index (κ3) is 3.51. The summed E-state index contributed by atoms with van der Waals surface area (Å²) >= 11 is 15.0. The summed E-state index contributed by atoms with van der Waals surface area (Å²) in [5.41, 5.74) is 1.21. The highest BCUT2D eigenvalue weighted by molar-refractivity contribution is 9.12. The summed E-state index contributed by atoms with van der Waals surface area (Å²) in [5.74, 6) is 0.683. The summed E-state index contributed by atoms with van der Waals surface area (Å²) in [4.78, 5) is 0. The molecule has 1 heterocycles. The van der Waals surface area contributed by atoms with Crippen LogP contribution < -0.4 is 0 Å². The third-order valence-corrected chi connectivity index (χ3v) is 5.13. The van der Waals surface area contributed by atoms with Crippen molar-refractivity contribution in [3.8, 4) is 0 Å². The zero-order valence-corrected chi connectivity index (χ0v) is 12.9. The molecule has 0 aliphatic rings. The number of hydrogen-bond acceptors (Lipinski definition) is 1. The summed E-state index contributed by atoms with van der Waals surface area (Å²) in [6, 6.07) is 2.11. The predicted octanol–water partition coefficient (Wildman–Crippen LogP) is 5.99. The van der Waals surface area contributed by atoms with Crippen LogP contribution in [-0.4, -0.2) is 0 Å². The average Bonchev–Trinajstić information content (AvgIpc) is 2.45. The number of rotatable bonds is 4. The Morgan fingerprint density at radius 3 is 2.57 bits per heavy atom. The van der Waals surface area contributed by atoms with Crippen LogP contribution in [0.15, 0.2) is 13.6 Å². The molecule has 0 radical (unpaired) electrons. The lowest BCUT2D eigenvalue weighted by molar-refractivity contribution is 0.508. The zero-order chi connectivity index (χ0) is 10.7. The minimum absolute atomic E-state index is 0.127. The SMILES string of the molecule is CCC(C)CC(Cl)c1cc(Br)sc1Br. The van der Waals surface area contributed by atoms with E-state index in [1.165, 1.54) is 12.0 Å². The highest BCUT2D eigenvalue weighted by atomic mass is 79.9. The van der Waals surface area contributed by atoms with Gasteiger partial charge < -0.3 is 0 Å². The Balaban J connectivity index is 2.69. The quantitative estimate of drug-likeness (QED) is 0.579. The van der Waals surface area contributed by atoms with Gasteiger partial charge in [-0.25, -0.2) is 0 Å². The van der Waals surface area contributed by atoms with Crippen molar-refractivity contribution < 1.29 is 0 Å². The molecule has 1 rings (SSSR count). The molecule has 14 heavy (non-hydrogen) atoms. The molecule has 0 bridgehead atoms. The molecule has 80 valence electrons. The van der Waals surface area contributed by atoms with Gasteiger partial charge in [0.2, 0.25) is 0 Å². The van der Waals surface area contributed by atoms with E-state index in [1.54, 1.807) is 11.3 Å². The first-order chi connectivity index (χ1) is 6.54. The van der Waals surface area contributed by atoms with Crippen LogP contribution in [0.4, 0.5) is 0 Å². The van der Waals surface area contributed by atoms with Crippen LogP contribution in [0.2, 0.25) is 0 Å². The molecular formula is C10H13Br2ClS. The van der Waals surface area contributed by atoms with E-state index < -0.39 is 0 Å². The van der Waals surface area contributed by atoms with Gasteiger partial charge in [0, 0.05) is 0 Å². The number of alkyl halides is 1. The molecule has 0 aromatic carbocycles. The lowest BCUT2D eigenvalue weighted by atomic mass is 10.0. The van der Waals surface area contributed by atoms with Gasteiger partial charge in [-0.05, 0) is 55.8 Å². The molecule has 0 fully saturated rings. The molecule has 0 aliphatic carbocycles. The standard InChI is InChI=1S/C10H13Br2ClS/c1-3-6(2)4-8(13)7-5-9(11)14-10(7)12/h5-6,8H,3-4H2,1-2H3. The van der Waals surface area contributed by atoms with E-state index in [-0.39, 0.29) is 5.38 Å². The first kappa shape index (κ1) is 13.0. The van der Waals surface area contributed by atoms with E-state index in [4.69, 9.17) is 11.6 Å². The van der Waals surface area contributed by atoms with Crippen LogP contribution >= 0.6 is 54.8 Å². The Morgan fingerprint density at radius 1 is 1.50 bits per heavy atom. The van der Waals surface area contributed by atoms with Gasteiger partial charge in [0.05, 0.1) is 12.9 Å². The first-order valence-corrected chi connectivity index (χ1v) is 7.47. The maximum Gasteiger partial charge on any atom is 0.0757 e. The molecule has 0 saturated carbocycles. The second-order valence-corrected chi connectivity index (χ2v) is 7.77. The van der Waals surface area contributed by atoms with Crippen molar-refractivity contribution in [2.45, 2.75) is 32.1 Å². The van der Waals surface area contributed by atoms with Crippen LogP contribution in [0.25, 0.3) is 0 Å². The van der Waals surface area contributed by atoms with Crippen LogP contribution in [-0.2, 0) is 0 Å². The maximum atomic E-state index is 6.35. The van der Waals surface area contributed by atoms with Crippen molar-refractivity contribution >= 4 is 54.8 Å². The lowest BCUT2D eigenvalue weighted by Gasteiger charge is -2.13. The highest BCUT2D eigenvalue weighted by Gasteiger charge is 2.16. The van der Waals surface area contributed by atoms with Gasteiger partial charge in [-0.2, -0.15) is 0 Å². The van der Waals surface area contributed by atoms with Gasteiger partial charge in [0.25, 0.3) is 0 Å². The predicted molar refractivity (Wildman–Crippen MR) is 72.4 cm³/mol. The Hall–Kier alpha value is 0.950. The minimum Gasteiger partial charge on any atom is -0.121 e. The lowest BCUT2D eigenvalue weighted by Crippen LogP contribution is -1.98. The molecular weight excluding hydrogens is 347 g/mol. The van der Waals surface area contributed by atoms with Crippen molar-refractivity contribution in [3.63, 3.8) is 0 Å². The maximum absolute atomic E-state index is 6.35. The first-order valence-electron chi connectivity index (χ1n) is 4.63. The normalized spacial score (nSPS) is 15.5. The summed E-state index contributed by atoms with van der Waals surface area (Å²) in [7, 11) is 0. The monoisotopic (exact) mass is 358 g/mol. The van der Waals surface area contributed by atoms with Crippen molar-refractivity contribution in [3.05, 3.63) is 19.2 Å². The van der Waals surface area contributed by atoms with Crippen LogP contribution in [0.3, 0.4) is 0 Å².